The van der Waals surface area contributed by atoms with Crippen molar-refractivity contribution in [2.75, 3.05) is 21.3 Å². The van der Waals surface area contributed by atoms with E-state index >= 15 is 0 Å². The fourth-order valence-corrected chi connectivity index (χ4v) is 2.90. The molecule has 1 aromatic heterocycles. The third-order valence-corrected chi connectivity index (χ3v) is 4.55. The molecule has 0 radical (unpaired) electrons. The summed E-state index contributed by atoms with van der Waals surface area (Å²) in [6.45, 7) is 2.10. The number of aromatic amines is 1. The zero-order valence-corrected chi connectivity index (χ0v) is 17.4. The Labute approximate surface area is 174 Å². The normalized spacial score (nSPS) is 10.8. The molecule has 0 aliphatic carbocycles. The maximum Gasteiger partial charge on any atom is 0.289 e. The molecule has 0 bridgehead atoms. The topological polar surface area (TPSA) is 97.8 Å². The first-order valence-electron chi connectivity index (χ1n) is 9.37. The van der Waals surface area contributed by atoms with Gasteiger partial charge in [0.2, 0.25) is 5.75 Å². The number of carbonyl (C=O) groups is 1. The number of rotatable bonds is 8. The number of carbonyl (C=O) groups excluding carboxylic acids is 1. The molecule has 30 heavy (non-hydrogen) atoms. The molecule has 0 spiro atoms. The van der Waals surface area contributed by atoms with Crippen molar-refractivity contribution >= 4 is 12.1 Å². The van der Waals surface area contributed by atoms with Gasteiger partial charge in [0.1, 0.15) is 5.69 Å². The predicted molar refractivity (Wildman–Crippen MR) is 115 cm³/mol. The van der Waals surface area contributed by atoms with E-state index in [4.69, 9.17) is 14.2 Å². The Bertz CT molecular complexity index is 1020. The fourth-order valence-electron chi connectivity index (χ4n) is 2.90. The number of aromatic nitrogens is 2. The molecule has 0 aliphatic rings. The summed E-state index contributed by atoms with van der Waals surface area (Å²) in [4.78, 5) is 12.4. The van der Waals surface area contributed by atoms with Crippen molar-refractivity contribution in [1.29, 1.82) is 0 Å². The smallest absolute Gasteiger partial charge is 0.289 e. The Morgan fingerprint density at radius 3 is 2.30 bits per heavy atom. The number of aryl methyl sites for hydroxylation is 1. The second-order valence-electron chi connectivity index (χ2n) is 6.38. The summed E-state index contributed by atoms with van der Waals surface area (Å²) in [5, 5.41) is 11.0. The van der Waals surface area contributed by atoms with Crippen molar-refractivity contribution in [2.24, 2.45) is 5.10 Å². The summed E-state index contributed by atoms with van der Waals surface area (Å²) in [7, 11) is 4.60. The number of methoxy groups -OCH3 is 3. The number of hydrogen-bond donors (Lipinski definition) is 2. The zero-order chi connectivity index (χ0) is 21.5. The molecule has 2 aromatic carbocycles. The quantitative estimate of drug-likeness (QED) is 0.440. The van der Waals surface area contributed by atoms with Crippen molar-refractivity contribution in [3.8, 4) is 28.5 Å². The lowest BCUT2D eigenvalue weighted by atomic mass is 10.1. The van der Waals surface area contributed by atoms with Gasteiger partial charge in [-0.25, -0.2) is 5.43 Å². The lowest BCUT2D eigenvalue weighted by molar-refractivity contribution is 0.0950. The predicted octanol–water partition coefficient (Wildman–Crippen LogP) is 3.43. The largest absolute Gasteiger partial charge is 0.493 e. The van der Waals surface area contributed by atoms with Gasteiger partial charge in [0.25, 0.3) is 5.91 Å². The van der Waals surface area contributed by atoms with Crippen molar-refractivity contribution in [2.45, 2.75) is 13.3 Å². The van der Waals surface area contributed by atoms with E-state index in [1.807, 2.05) is 24.3 Å². The van der Waals surface area contributed by atoms with E-state index < -0.39 is 5.91 Å². The number of benzene rings is 2. The minimum Gasteiger partial charge on any atom is -0.493 e. The molecular formula is C22H24N4O4. The summed E-state index contributed by atoms with van der Waals surface area (Å²) in [6.07, 6.45) is 2.46. The molecule has 8 nitrogen and oxygen atoms in total. The van der Waals surface area contributed by atoms with Crippen LogP contribution in [0.25, 0.3) is 11.3 Å². The van der Waals surface area contributed by atoms with Gasteiger partial charge in [0, 0.05) is 11.1 Å². The number of hydrazone groups is 1. The summed E-state index contributed by atoms with van der Waals surface area (Å²) in [5.74, 6) is 1.08. The number of hydrogen-bond acceptors (Lipinski definition) is 6. The zero-order valence-electron chi connectivity index (χ0n) is 17.4. The minimum absolute atomic E-state index is 0.312. The maximum absolute atomic E-state index is 12.4. The third kappa shape index (κ3) is 4.60. The van der Waals surface area contributed by atoms with Gasteiger partial charge in [-0.15, -0.1) is 0 Å². The van der Waals surface area contributed by atoms with Crippen LogP contribution in [0.15, 0.2) is 47.6 Å². The van der Waals surface area contributed by atoms with Crippen molar-refractivity contribution in [3.63, 3.8) is 0 Å². The lowest BCUT2D eigenvalue weighted by Crippen LogP contribution is -2.18. The van der Waals surface area contributed by atoms with E-state index in [-0.39, 0.29) is 0 Å². The van der Waals surface area contributed by atoms with Gasteiger partial charge in [-0.3, -0.25) is 9.89 Å². The monoisotopic (exact) mass is 408 g/mol. The van der Waals surface area contributed by atoms with Crippen LogP contribution in [0.3, 0.4) is 0 Å². The molecule has 0 saturated carbocycles. The van der Waals surface area contributed by atoms with E-state index in [9.17, 15) is 4.79 Å². The molecule has 0 saturated heterocycles. The molecular weight excluding hydrogens is 384 g/mol. The van der Waals surface area contributed by atoms with Gasteiger partial charge in [-0.2, -0.15) is 10.2 Å². The molecule has 8 heteroatoms. The first-order valence-corrected chi connectivity index (χ1v) is 9.37. The average Bonchev–Trinajstić information content (AvgIpc) is 3.28. The number of amides is 1. The summed E-state index contributed by atoms with van der Waals surface area (Å²) >= 11 is 0. The van der Waals surface area contributed by atoms with Crippen molar-refractivity contribution in [3.05, 3.63) is 59.3 Å². The first-order chi connectivity index (χ1) is 14.6. The Balaban J connectivity index is 1.70. The Morgan fingerprint density at radius 2 is 1.73 bits per heavy atom. The number of H-pyrrole nitrogens is 1. The van der Waals surface area contributed by atoms with Crippen LogP contribution in [0.4, 0.5) is 0 Å². The van der Waals surface area contributed by atoms with Crippen LogP contribution < -0.4 is 19.6 Å². The van der Waals surface area contributed by atoms with Crippen LogP contribution in [0.5, 0.6) is 17.2 Å². The van der Waals surface area contributed by atoms with Crippen LogP contribution in [0.2, 0.25) is 0 Å². The Morgan fingerprint density at radius 1 is 1.07 bits per heavy atom. The first kappa shape index (κ1) is 20.9. The highest BCUT2D eigenvalue weighted by Gasteiger charge is 2.13. The summed E-state index contributed by atoms with van der Waals surface area (Å²) in [5.41, 5.74) is 6.33. The highest BCUT2D eigenvalue weighted by Crippen LogP contribution is 2.37. The molecule has 3 rings (SSSR count). The molecule has 0 fully saturated rings. The molecule has 0 atom stereocenters. The molecule has 0 unspecified atom stereocenters. The van der Waals surface area contributed by atoms with Gasteiger partial charge >= 0.3 is 0 Å². The van der Waals surface area contributed by atoms with Crippen molar-refractivity contribution in [1.82, 2.24) is 15.6 Å². The Kier molecular flexibility index (Phi) is 6.69. The maximum atomic E-state index is 12.4. The highest BCUT2D eigenvalue weighted by molar-refractivity contribution is 5.94. The van der Waals surface area contributed by atoms with Crippen LogP contribution >= 0.6 is 0 Å². The fraction of sp³-hybridized carbons (Fsp3) is 0.227. The average molecular weight is 408 g/mol. The summed E-state index contributed by atoms with van der Waals surface area (Å²) in [6, 6.07) is 13.2. The van der Waals surface area contributed by atoms with Gasteiger partial charge in [-0.1, -0.05) is 31.2 Å². The van der Waals surface area contributed by atoms with Crippen molar-refractivity contribution < 1.29 is 19.0 Å². The Hall–Kier alpha value is -3.81. The molecule has 1 heterocycles. The van der Waals surface area contributed by atoms with E-state index in [1.54, 1.807) is 18.2 Å². The standard InChI is InChI=1S/C22H24N4O4/c1-5-14-6-8-16(9-7-14)17-12-18(25-24-17)22(27)26-23-13-15-10-19(28-2)21(30-4)20(11-15)29-3/h6-13H,5H2,1-4H3,(H,24,25)(H,26,27). The van der Waals surface area contributed by atoms with E-state index in [0.29, 0.717) is 34.2 Å². The van der Waals surface area contributed by atoms with Crippen LogP contribution in [-0.4, -0.2) is 43.6 Å². The summed E-state index contributed by atoms with van der Waals surface area (Å²) < 4.78 is 15.9. The molecule has 156 valence electrons. The number of nitrogens with zero attached hydrogens (tertiary/aromatic N) is 2. The molecule has 2 N–H and O–H groups in total. The lowest BCUT2D eigenvalue weighted by Gasteiger charge is -2.12. The third-order valence-electron chi connectivity index (χ3n) is 4.55. The van der Waals surface area contributed by atoms with Gasteiger partial charge in [0.15, 0.2) is 11.5 Å². The number of ether oxygens (including phenoxy) is 3. The molecule has 3 aromatic rings. The van der Waals surface area contributed by atoms with Gasteiger partial charge < -0.3 is 14.2 Å². The van der Waals surface area contributed by atoms with Crippen LogP contribution in [0.1, 0.15) is 28.5 Å². The minimum atomic E-state index is -0.400. The highest BCUT2D eigenvalue weighted by atomic mass is 16.5. The molecule has 1 amide bonds. The second-order valence-corrected chi connectivity index (χ2v) is 6.38. The van der Waals surface area contributed by atoms with Crippen LogP contribution in [-0.2, 0) is 6.42 Å². The van der Waals surface area contributed by atoms with E-state index in [1.165, 1.54) is 33.1 Å². The van der Waals surface area contributed by atoms with Gasteiger partial charge in [0.05, 0.1) is 33.2 Å². The second kappa shape index (κ2) is 9.60. The number of nitrogens with one attached hydrogen (secondary N) is 2. The van der Waals surface area contributed by atoms with E-state index in [0.717, 1.165) is 12.0 Å². The van der Waals surface area contributed by atoms with Crippen LogP contribution in [0, 0.1) is 0 Å². The van der Waals surface area contributed by atoms with Gasteiger partial charge in [-0.05, 0) is 30.2 Å². The van der Waals surface area contributed by atoms with E-state index in [2.05, 4.69) is 27.6 Å². The molecule has 0 aliphatic heterocycles. The SMILES string of the molecule is CCc1ccc(-c2cc(C(=O)NN=Cc3cc(OC)c(OC)c(OC)c3)[nH]n2)cc1.